The predicted octanol–water partition coefficient (Wildman–Crippen LogP) is 3.78. The zero-order valence-electron chi connectivity index (χ0n) is 18.1. The number of rotatable bonds is 6. The van der Waals surface area contributed by atoms with Crippen LogP contribution in [0.15, 0.2) is 12.1 Å². The standard InChI is InChI=1S/C24H31NO5.ClH/c1-2-3-12-29-24-9-8-18(27)22-23(24)10-11-25(28,14-15-4-5-15)19(24)13-16-6-7-17(26)21(30-22)20(16)23;/h6-7,15,19,22,26H,2-5,8-14H2,1H3;1H/t19-,22+,23+,24-,25?;/m1./s1. The summed E-state index contributed by atoms with van der Waals surface area (Å²) in [5, 5.41) is 24.9. The molecule has 1 unspecified atom stereocenters. The van der Waals surface area contributed by atoms with Crippen LogP contribution in [-0.2, 0) is 21.4 Å². The van der Waals surface area contributed by atoms with Crippen LogP contribution in [0.3, 0.4) is 0 Å². The number of ether oxygens (including phenoxy) is 2. The second-order valence-electron chi connectivity index (χ2n) is 10.2. The third-order valence-corrected chi connectivity index (χ3v) is 8.67. The monoisotopic (exact) mass is 449 g/mol. The summed E-state index contributed by atoms with van der Waals surface area (Å²) in [6.07, 6.45) is 5.81. The molecule has 0 aromatic heterocycles. The molecule has 0 amide bonds. The molecule has 3 aliphatic carbocycles. The van der Waals surface area contributed by atoms with E-state index in [0.29, 0.717) is 57.0 Å². The Hall–Kier alpha value is -1.34. The second-order valence-corrected chi connectivity index (χ2v) is 10.2. The maximum absolute atomic E-state index is 14.4. The van der Waals surface area contributed by atoms with Crippen LogP contribution in [0.25, 0.3) is 0 Å². The Morgan fingerprint density at radius 3 is 2.87 bits per heavy atom. The minimum Gasteiger partial charge on any atom is -0.632 e. The molecule has 3 fully saturated rings. The van der Waals surface area contributed by atoms with Crippen molar-refractivity contribution in [2.45, 2.75) is 81.5 Å². The van der Waals surface area contributed by atoms with E-state index < -0.39 is 17.1 Å². The van der Waals surface area contributed by atoms with Crippen LogP contribution in [0.4, 0.5) is 0 Å². The molecule has 6 rings (SSSR count). The number of phenolic OH excluding ortho intramolecular Hbond substituents is 1. The zero-order valence-corrected chi connectivity index (χ0v) is 18.9. The number of hydroxylamine groups is 3. The summed E-state index contributed by atoms with van der Waals surface area (Å²) in [6.45, 7) is 3.91. The van der Waals surface area contributed by atoms with E-state index in [-0.39, 0.29) is 34.6 Å². The molecule has 7 heteroatoms. The van der Waals surface area contributed by atoms with Gasteiger partial charge in [-0.25, -0.2) is 0 Å². The van der Waals surface area contributed by atoms with Crippen LogP contribution in [0.2, 0.25) is 0 Å². The number of nitrogens with zero attached hydrogens (tertiary/aromatic N) is 1. The van der Waals surface area contributed by atoms with Crippen LogP contribution < -0.4 is 4.74 Å². The lowest BCUT2D eigenvalue weighted by Gasteiger charge is -2.68. The lowest BCUT2D eigenvalue weighted by Crippen LogP contribution is -2.81. The van der Waals surface area contributed by atoms with Crippen molar-refractivity contribution < 1.29 is 24.0 Å². The molecular weight excluding hydrogens is 418 g/mol. The number of carbonyl (C=O) groups excluding carboxylic acids is 1. The number of carbonyl (C=O) groups is 1. The van der Waals surface area contributed by atoms with Gasteiger partial charge in [0, 0.05) is 37.4 Å². The third-order valence-electron chi connectivity index (χ3n) is 8.67. The lowest BCUT2D eigenvalue weighted by molar-refractivity contribution is -0.924. The molecule has 5 aliphatic rings. The van der Waals surface area contributed by atoms with Crippen LogP contribution >= 0.6 is 12.4 Å². The maximum atomic E-state index is 14.4. The van der Waals surface area contributed by atoms with Gasteiger partial charge in [-0.15, -0.1) is 12.4 Å². The van der Waals surface area contributed by atoms with Gasteiger partial charge in [0.05, 0.1) is 18.5 Å². The topological polar surface area (TPSA) is 78.8 Å². The van der Waals surface area contributed by atoms with Crippen molar-refractivity contribution in [3.05, 3.63) is 28.5 Å². The van der Waals surface area contributed by atoms with E-state index in [0.717, 1.165) is 36.8 Å². The first-order valence-electron chi connectivity index (χ1n) is 11.7. The summed E-state index contributed by atoms with van der Waals surface area (Å²) in [4.78, 5) is 13.1. The van der Waals surface area contributed by atoms with E-state index in [9.17, 15) is 15.1 Å². The average molecular weight is 450 g/mol. The summed E-state index contributed by atoms with van der Waals surface area (Å²) in [5.41, 5.74) is 0.694. The number of hydrogen-bond donors (Lipinski definition) is 1. The summed E-state index contributed by atoms with van der Waals surface area (Å²) in [5.74, 6) is 1.17. The number of hydrogen-bond acceptors (Lipinski definition) is 5. The van der Waals surface area contributed by atoms with Crippen LogP contribution in [0, 0.1) is 11.1 Å². The van der Waals surface area contributed by atoms with Crippen molar-refractivity contribution in [2.24, 2.45) is 5.92 Å². The van der Waals surface area contributed by atoms with Gasteiger partial charge in [-0.05, 0) is 37.3 Å². The van der Waals surface area contributed by atoms with Crippen molar-refractivity contribution in [3.8, 4) is 11.5 Å². The average Bonchev–Trinajstić information content (AvgIpc) is 3.45. The zero-order chi connectivity index (χ0) is 20.7. The minimum absolute atomic E-state index is 0. The molecule has 170 valence electrons. The molecule has 1 saturated heterocycles. The van der Waals surface area contributed by atoms with Gasteiger partial charge in [0.2, 0.25) is 0 Å². The molecule has 2 aliphatic heterocycles. The number of aromatic hydroxyl groups is 1. The minimum atomic E-state index is -0.693. The Balaban J connectivity index is 0.00000204. The van der Waals surface area contributed by atoms with Gasteiger partial charge in [-0.3, -0.25) is 4.79 Å². The fourth-order valence-electron chi connectivity index (χ4n) is 7.20. The maximum Gasteiger partial charge on any atom is 0.174 e. The van der Waals surface area contributed by atoms with Gasteiger partial charge in [0.1, 0.15) is 11.6 Å². The molecule has 2 heterocycles. The van der Waals surface area contributed by atoms with E-state index in [1.54, 1.807) is 6.07 Å². The first-order valence-corrected chi connectivity index (χ1v) is 11.7. The van der Waals surface area contributed by atoms with Crippen molar-refractivity contribution in [1.29, 1.82) is 0 Å². The first-order chi connectivity index (χ1) is 14.5. The fraction of sp³-hybridized carbons (Fsp3) is 0.708. The highest BCUT2D eigenvalue weighted by Gasteiger charge is 2.77. The molecule has 1 spiro atoms. The summed E-state index contributed by atoms with van der Waals surface area (Å²) >= 11 is 0. The lowest BCUT2D eigenvalue weighted by atomic mass is 9.48. The smallest absolute Gasteiger partial charge is 0.174 e. The summed E-state index contributed by atoms with van der Waals surface area (Å²) in [6, 6.07) is 3.38. The fourth-order valence-corrected chi connectivity index (χ4v) is 7.20. The number of likely N-dealkylation sites (tertiary alicyclic amines) is 1. The van der Waals surface area contributed by atoms with E-state index in [2.05, 4.69) is 6.92 Å². The molecule has 1 aromatic carbocycles. The molecule has 1 aromatic rings. The highest BCUT2D eigenvalue weighted by Crippen LogP contribution is 2.67. The highest BCUT2D eigenvalue weighted by atomic mass is 35.5. The van der Waals surface area contributed by atoms with Crippen LogP contribution in [-0.4, -0.2) is 53.0 Å². The van der Waals surface area contributed by atoms with Crippen molar-refractivity contribution >= 4 is 18.2 Å². The van der Waals surface area contributed by atoms with Gasteiger partial charge in [0.15, 0.2) is 23.4 Å². The van der Waals surface area contributed by atoms with Gasteiger partial charge >= 0.3 is 0 Å². The van der Waals surface area contributed by atoms with Crippen molar-refractivity contribution in [3.63, 3.8) is 0 Å². The summed E-state index contributed by atoms with van der Waals surface area (Å²) < 4.78 is 12.8. The molecule has 6 nitrogen and oxygen atoms in total. The van der Waals surface area contributed by atoms with Gasteiger partial charge in [-0.1, -0.05) is 19.4 Å². The van der Waals surface area contributed by atoms with E-state index in [4.69, 9.17) is 9.47 Å². The number of quaternary nitrogens is 1. The Kier molecular flexibility index (Phi) is 4.91. The van der Waals surface area contributed by atoms with Gasteiger partial charge < -0.3 is 24.4 Å². The molecule has 5 atom stereocenters. The van der Waals surface area contributed by atoms with E-state index in [1.807, 2.05) is 6.07 Å². The van der Waals surface area contributed by atoms with Gasteiger partial charge in [-0.2, -0.15) is 0 Å². The number of Topliss-reactive ketones (excluding diaryl/α,β-unsaturated/α-hetero) is 1. The largest absolute Gasteiger partial charge is 0.632 e. The number of piperidine rings is 1. The van der Waals surface area contributed by atoms with Gasteiger partial charge in [0.25, 0.3) is 0 Å². The summed E-state index contributed by atoms with van der Waals surface area (Å²) in [7, 11) is 0. The molecule has 1 N–H and O–H groups in total. The number of halogens is 1. The van der Waals surface area contributed by atoms with Crippen LogP contribution in [0.5, 0.6) is 11.5 Å². The molecule has 2 bridgehead atoms. The Labute approximate surface area is 189 Å². The first kappa shape index (κ1) is 21.5. The number of phenols is 1. The van der Waals surface area contributed by atoms with Crippen molar-refractivity contribution in [2.75, 3.05) is 19.7 Å². The quantitative estimate of drug-likeness (QED) is 0.406. The predicted molar refractivity (Wildman–Crippen MR) is 117 cm³/mol. The Morgan fingerprint density at radius 1 is 1.32 bits per heavy atom. The molecule has 2 saturated carbocycles. The third kappa shape index (κ3) is 2.65. The highest BCUT2D eigenvalue weighted by molar-refractivity contribution is 5.90. The molecule has 31 heavy (non-hydrogen) atoms. The molecule has 0 radical (unpaired) electrons. The number of unbranched alkanes of at least 4 members (excludes halogenated alkanes) is 1. The normalized spacial score (nSPS) is 39.5. The number of benzene rings is 1. The van der Waals surface area contributed by atoms with E-state index in [1.165, 1.54) is 0 Å². The second kappa shape index (κ2) is 7.08. The van der Waals surface area contributed by atoms with Crippen molar-refractivity contribution in [1.82, 2.24) is 0 Å². The SMILES string of the molecule is CCCCO[C@@]12CCC(=O)[C@@H]3Oc4c(O)ccc5c4[C@@]31CC[N+]([O-])(CC1CC1)[C@@H]2C5.Cl. The Morgan fingerprint density at radius 2 is 2.13 bits per heavy atom. The molecular formula is C24H32ClNO5. The Bertz CT molecular complexity index is 919. The van der Waals surface area contributed by atoms with E-state index >= 15 is 0 Å². The van der Waals surface area contributed by atoms with Crippen LogP contribution in [0.1, 0.15) is 63.0 Å². The number of ketones is 1.